The van der Waals surface area contributed by atoms with Crippen LogP contribution in [-0.2, 0) is 0 Å². The molecule has 0 aliphatic rings. The highest BCUT2D eigenvalue weighted by molar-refractivity contribution is 6.33. The SMILES string of the molecule is N#Cc1ccc(-c2ccc(N)cc2)c(Cl)c1. The van der Waals surface area contributed by atoms with E-state index in [2.05, 4.69) is 6.07 Å². The molecule has 0 fully saturated rings. The molecule has 0 radical (unpaired) electrons. The van der Waals surface area contributed by atoms with Crippen molar-refractivity contribution >= 4 is 17.3 Å². The van der Waals surface area contributed by atoms with Gasteiger partial charge in [0.25, 0.3) is 0 Å². The van der Waals surface area contributed by atoms with E-state index in [1.165, 1.54) is 0 Å². The van der Waals surface area contributed by atoms with Crippen molar-refractivity contribution < 1.29 is 0 Å². The molecular weight excluding hydrogens is 220 g/mol. The molecule has 2 aromatic rings. The van der Waals surface area contributed by atoms with Gasteiger partial charge >= 0.3 is 0 Å². The molecular formula is C13H9ClN2. The number of halogens is 1. The summed E-state index contributed by atoms with van der Waals surface area (Å²) < 4.78 is 0. The highest BCUT2D eigenvalue weighted by Gasteiger charge is 2.04. The minimum absolute atomic E-state index is 0.559. The van der Waals surface area contributed by atoms with Crippen LogP contribution < -0.4 is 5.73 Å². The summed E-state index contributed by atoms with van der Waals surface area (Å²) in [7, 11) is 0. The van der Waals surface area contributed by atoms with Gasteiger partial charge in [-0.1, -0.05) is 29.8 Å². The number of hydrogen-bond donors (Lipinski definition) is 1. The molecule has 3 heteroatoms. The van der Waals surface area contributed by atoms with Crippen LogP contribution in [0.15, 0.2) is 42.5 Å². The maximum Gasteiger partial charge on any atom is 0.0992 e. The van der Waals surface area contributed by atoms with E-state index >= 15 is 0 Å². The van der Waals surface area contributed by atoms with Gasteiger partial charge in [0, 0.05) is 16.3 Å². The molecule has 2 nitrogen and oxygen atoms in total. The molecule has 0 saturated carbocycles. The molecule has 0 heterocycles. The van der Waals surface area contributed by atoms with E-state index in [0.717, 1.165) is 11.1 Å². The van der Waals surface area contributed by atoms with Crippen molar-refractivity contribution in [1.82, 2.24) is 0 Å². The van der Waals surface area contributed by atoms with Gasteiger partial charge in [0.1, 0.15) is 0 Å². The van der Waals surface area contributed by atoms with Gasteiger partial charge < -0.3 is 5.73 Å². The van der Waals surface area contributed by atoms with Crippen molar-refractivity contribution in [1.29, 1.82) is 5.26 Å². The van der Waals surface area contributed by atoms with Gasteiger partial charge in [-0.3, -0.25) is 0 Å². The lowest BCUT2D eigenvalue weighted by atomic mass is 10.0. The summed E-state index contributed by atoms with van der Waals surface area (Å²) in [6.45, 7) is 0. The van der Waals surface area contributed by atoms with Crippen molar-refractivity contribution in [2.75, 3.05) is 5.73 Å². The third-order valence-electron chi connectivity index (χ3n) is 2.32. The normalized spacial score (nSPS) is 9.75. The lowest BCUT2D eigenvalue weighted by Crippen LogP contribution is -1.85. The number of hydrogen-bond acceptors (Lipinski definition) is 2. The fourth-order valence-electron chi connectivity index (χ4n) is 1.48. The lowest BCUT2D eigenvalue weighted by Gasteiger charge is -2.05. The molecule has 0 bridgehead atoms. The molecule has 0 aliphatic carbocycles. The number of nitriles is 1. The molecule has 0 amide bonds. The molecule has 0 spiro atoms. The first-order valence-corrected chi connectivity index (χ1v) is 5.14. The highest BCUT2D eigenvalue weighted by Crippen LogP contribution is 2.29. The first-order chi connectivity index (χ1) is 7.70. The van der Waals surface area contributed by atoms with E-state index in [-0.39, 0.29) is 0 Å². The second-order valence-corrected chi connectivity index (χ2v) is 3.84. The third-order valence-corrected chi connectivity index (χ3v) is 2.63. The van der Waals surface area contributed by atoms with Crippen LogP contribution in [0.4, 0.5) is 5.69 Å². The average molecular weight is 229 g/mol. The van der Waals surface area contributed by atoms with Gasteiger partial charge in [-0.15, -0.1) is 0 Å². The molecule has 78 valence electrons. The van der Waals surface area contributed by atoms with Gasteiger partial charge in [-0.25, -0.2) is 0 Å². The summed E-state index contributed by atoms with van der Waals surface area (Å²) in [5.74, 6) is 0. The number of anilines is 1. The maximum absolute atomic E-state index is 8.73. The van der Waals surface area contributed by atoms with E-state index in [1.54, 1.807) is 12.1 Å². The molecule has 0 saturated heterocycles. The maximum atomic E-state index is 8.73. The van der Waals surface area contributed by atoms with Crippen LogP contribution in [0.2, 0.25) is 5.02 Å². The topological polar surface area (TPSA) is 49.8 Å². The number of rotatable bonds is 1. The average Bonchev–Trinajstić information content (AvgIpc) is 2.30. The Morgan fingerprint density at radius 2 is 1.75 bits per heavy atom. The molecule has 0 aliphatic heterocycles. The van der Waals surface area contributed by atoms with Gasteiger partial charge in [0.05, 0.1) is 11.6 Å². The van der Waals surface area contributed by atoms with Gasteiger partial charge in [-0.2, -0.15) is 5.26 Å². The molecule has 0 aromatic heterocycles. The zero-order valence-corrected chi connectivity index (χ0v) is 9.20. The fourth-order valence-corrected chi connectivity index (χ4v) is 1.77. The molecule has 2 rings (SSSR count). The Labute approximate surface area is 98.9 Å². The minimum Gasteiger partial charge on any atom is -0.399 e. The summed E-state index contributed by atoms with van der Waals surface area (Å²) in [5.41, 5.74) is 8.78. The molecule has 2 aromatic carbocycles. The Morgan fingerprint density at radius 3 is 2.31 bits per heavy atom. The smallest absolute Gasteiger partial charge is 0.0992 e. The van der Waals surface area contributed by atoms with E-state index in [9.17, 15) is 0 Å². The van der Waals surface area contributed by atoms with Crippen LogP contribution in [-0.4, -0.2) is 0 Å². The fraction of sp³-hybridized carbons (Fsp3) is 0. The van der Waals surface area contributed by atoms with Crippen molar-refractivity contribution in [3.8, 4) is 17.2 Å². The van der Waals surface area contributed by atoms with Crippen LogP contribution in [0.25, 0.3) is 11.1 Å². The summed E-state index contributed by atoms with van der Waals surface area (Å²) in [6.07, 6.45) is 0. The van der Waals surface area contributed by atoms with Crippen LogP contribution in [0.3, 0.4) is 0 Å². The third kappa shape index (κ3) is 2.00. The van der Waals surface area contributed by atoms with Gasteiger partial charge in [0.15, 0.2) is 0 Å². The Morgan fingerprint density at radius 1 is 1.06 bits per heavy atom. The highest BCUT2D eigenvalue weighted by atomic mass is 35.5. The Kier molecular flexibility index (Phi) is 2.80. The molecule has 2 N–H and O–H groups in total. The van der Waals surface area contributed by atoms with E-state index in [0.29, 0.717) is 16.3 Å². The number of nitrogens with zero attached hydrogens (tertiary/aromatic N) is 1. The lowest BCUT2D eigenvalue weighted by molar-refractivity contribution is 1.48. The Hall–Kier alpha value is -1.98. The van der Waals surface area contributed by atoms with Crippen LogP contribution in [0.1, 0.15) is 5.56 Å². The Balaban J connectivity index is 2.49. The van der Waals surface area contributed by atoms with Crippen molar-refractivity contribution in [3.63, 3.8) is 0 Å². The van der Waals surface area contributed by atoms with E-state index in [1.807, 2.05) is 30.3 Å². The second-order valence-electron chi connectivity index (χ2n) is 3.43. The largest absolute Gasteiger partial charge is 0.399 e. The quantitative estimate of drug-likeness (QED) is 0.760. The Bertz CT molecular complexity index is 553. The first kappa shape index (κ1) is 10.5. The van der Waals surface area contributed by atoms with Gasteiger partial charge in [0.2, 0.25) is 0 Å². The molecule has 0 atom stereocenters. The van der Waals surface area contributed by atoms with Gasteiger partial charge in [-0.05, 0) is 29.8 Å². The van der Waals surface area contributed by atoms with Crippen molar-refractivity contribution in [2.45, 2.75) is 0 Å². The minimum atomic E-state index is 0.559. The predicted molar refractivity (Wildman–Crippen MR) is 66.0 cm³/mol. The monoisotopic (exact) mass is 228 g/mol. The zero-order valence-electron chi connectivity index (χ0n) is 8.44. The zero-order chi connectivity index (χ0) is 11.5. The van der Waals surface area contributed by atoms with E-state index < -0.39 is 0 Å². The van der Waals surface area contributed by atoms with Crippen LogP contribution in [0.5, 0.6) is 0 Å². The number of benzene rings is 2. The number of nitrogens with two attached hydrogens (primary N) is 1. The van der Waals surface area contributed by atoms with Crippen LogP contribution >= 0.6 is 11.6 Å². The summed E-state index contributed by atoms with van der Waals surface area (Å²) in [6, 6.07) is 14.8. The van der Waals surface area contributed by atoms with E-state index in [4.69, 9.17) is 22.6 Å². The summed E-state index contributed by atoms with van der Waals surface area (Å²) >= 11 is 6.10. The van der Waals surface area contributed by atoms with Crippen molar-refractivity contribution in [3.05, 3.63) is 53.1 Å². The molecule has 0 unspecified atom stereocenters. The second kappa shape index (κ2) is 4.26. The standard InChI is InChI=1S/C13H9ClN2/c14-13-7-9(8-15)1-6-12(13)10-2-4-11(16)5-3-10/h1-7H,16H2. The van der Waals surface area contributed by atoms with Crippen LogP contribution in [0, 0.1) is 11.3 Å². The number of nitrogen functional groups attached to an aromatic ring is 1. The van der Waals surface area contributed by atoms with Crippen molar-refractivity contribution in [2.24, 2.45) is 0 Å². The first-order valence-electron chi connectivity index (χ1n) is 4.76. The summed E-state index contributed by atoms with van der Waals surface area (Å²) in [4.78, 5) is 0. The predicted octanol–water partition coefficient (Wildman–Crippen LogP) is 3.46. The molecule has 16 heavy (non-hydrogen) atoms. The summed E-state index contributed by atoms with van der Waals surface area (Å²) in [5, 5.41) is 9.31.